The number of hydrogen-bond donors (Lipinski definition) is 1. The first-order valence-electron chi connectivity index (χ1n) is 20.4. The molecule has 316 valence electrons. The minimum atomic E-state index is -0.781. The summed E-state index contributed by atoms with van der Waals surface area (Å²) < 4.78 is 33.9. The molecule has 1 amide bonds. The molecule has 2 aliphatic carbocycles. The lowest BCUT2D eigenvalue weighted by Gasteiger charge is -2.40. The van der Waals surface area contributed by atoms with Crippen LogP contribution in [0.3, 0.4) is 0 Å². The van der Waals surface area contributed by atoms with E-state index >= 15 is 4.79 Å². The molecule has 1 saturated heterocycles. The number of hydrogen-bond acceptors (Lipinski definition) is 10. The van der Waals surface area contributed by atoms with E-state index in [9.17, 15) is 14.7 Å². The van der Waals surface area contributed by atoms with Gasteiger partial charge in [-0.15, -0.1) is 0 Å². The topological polar surface area (TPSA) is 141 Å². The van der Waals surface area contributed by atoms with Crippen molar-refractivity contribution >= 4 is 35.1 Å². The highest BCUT2D eigenvalue weighted by Gasteiger charge is 2.44. The minimum absolute atomic E-state index is 0.000588. The van der Waals surface area contributed by atoms with E-state index in [1.54, 1.807) is 26.2 Å². The molecule has 0 radical (unpaired) electrons. The molecule has 3 aromatic carbocycles. The Bertz CT molecular complexity index is 2130. The predicted molar refractivity (Wildman–Crippen MR) is 222 cm³/mol. The molecule has 12 nitrogen and oxygen atoms in total. The Balaban J connectivity index is 1.08. The van der Waals surface area contributed by atoms with E-state index in [0.29, 0.717) is 91.0 Å². The monoisotopic (exact) mass is 850 g/mol. The van der Waals surface area contributed by atoms with Crippen LogP contribution in [0.25, 0.3) is 0 Å². The Morgan fingerprint density at radius 1 is 0.881 bits per heavy atom. The standard InChI is InChI=1S/C45H52Cl2N2O10/c1-27-17-39(46)42(40(47)18-27)56-16-15-55-34-10-6-31(7-11-34)36-12-13-48(25-41-28(2)58-45(53)59-41)24-38(36)43(50)49(33-8-9-33)23-30-19-29(5-4-14-54-3)20-35(21-30)57-26-32-22-37(32)44(51)52/h6-7,10-11,17-21,32-33,36-38H,4-5,8-9,12-16,22-26H2,1-3H3,(H,51,52)/t32-,36+,37+,38-/m0/s1. The van der Waals surface area contributed by atoms with E-state index in [1.165, 1.54) is 0 Å². The highest BCUT2D eigenvalue weighted by molar-refractivity contribution is 6.37. The SMILES string of the molecule is COCCCc1cc(CN(C(=O)[C@H]2CN(Cc3oc(=O)oc3C)CC[C@@H]2c2ccc(OCCOc3c(Cl)cc(C)cc3Cl)cc2)C2CC2)cc(OC[C@@H]2C[C@H]2C(=O)O)c1. The van der Waals surface area contributed by atoms with Gasteiger partial charge in [-0.25, -0.2) is 4.79 Å². The zero-order valence-corrected chi connectivity index (χ0v) is 35.3. The van der Waals surface area contributed by atoms with Gasteiger partial charge in [-0.2, -0.15) is 0 Å². The highest BCUT2D eigenvalue weighted by atomic mass is 35.5. The molecule has 4 atom stereocenters. The van der Waals surface area contributed by atoms with Crippen molar-refractivity contribution in [3.63, 3.8) is 0 Å². The first-order chi connectivity index (χ1) is 28.4. The largest absolute Gasteiger partial charge is 0.519 e. The van der Waals surface area contributed by atoms with Crippen molar-refractivity contribution in [1.82, 2.24) is 9.80 Å². The van der Waals surface area contributed by atoms with E-state index in [4.69, 9.17) is 51.0 Å². The maximum absolute atomic E-state index is 15.0. The second kappa shape index (κ2) is 19.3. The van der Waals surface area contributed by atoms with Crippen LogP contribution in [0.1, 0.15) is 71.8 Å². The molecule has 0 unspecified atom stereocenters. The van der Waals surface area contributed by atoms with Crippen molar-refractivity contribution in [2.75, 3.05) is 46.6 Å². The number of aryl methyl sites for hydroxylation is 3. The summed E-state index contributed by atoms with van der Waals surface area (Å²) in [6, 6.07) is 17.8. The number of halogens is 2. The number of methoxy groups -OCH3 is 1. The number of rotatable bonds is 20. The Morgan fingerprint density at radius 3 is 2.27 bits per heavy atom. The molecule has 3 fully saturated rings. The van der Waals surface area contributed by atoms with Crippen molar-refractivity contribution in [3.8, 4) is 17.2 Å². The fourth-order valence-electron chi connectivity index (χ4n) is 8.06. The molecule has 1 N–H and O–H groups in total. The van der Waals surface area contributed by atoms with Gasteiger partial charge in [-0.05, 0) is 123 Å². The highest BCUT2D eigenvalue weighted by Crippen LogP contribution is 2.41. The van der Waals surface area contributed by atoms with Crippen LogP contribution in [-0.2, 0) is 33.8 Å². The van der Waals surface area contributed by atoms with Gasteiger partial charge in [0.2, 0.25) is 5.91 Å². The third-order valence-corrected chi connectivity index (χ3v) is 12.0. The van der Waals surface area contributed by atoms with Crippen LogP contribution in [0.15, 0.2) is 68.2 Å². The molecule has 1 aromatic heterocycles. The lowest BCUT2D eigenvalue weighted by atomic mass is 9.79. The van der Waals surface area contributed by atoms with E-state index in [-0.39, 0.29) is 48.8 Å². The van der Waals surface area contributed by atoms with Crippen LogP contribution >= 0.6 is 23.2 Å². The average Bonchev–Trinajstić information content (AvgIpc) is 4.14. The van der Waals surface area contributed by atoms with Crippen molar-refractivity contribution in [1.29, 1.82) is 0 Å². The summed E-state index contributed by atoms with van der Waals surface area (Å²) in [7, 11) is 1.69. The number of carbonyl (C=O) groups is 2. The number of amides is 1. The maximum atomic E-state index is 15.0. The van der Waals surface area contributed by atoms with Gasteiger partial charge in [0.25, 0.3) is 0 Å². The number of likely N-dealkylation sites (tertiary alicyclic amines) is 1. The van der Waals surface area contributed by atoms with Crippen LogP contribution < -0.4 is 20.0 Å². The quantitative estimate of drug-likeness (QED) is 0.0863. The summed E-state index contributed by atoms with van der Waals surface area (Å²) in [5.41, 5.74) is 4.04. The molecule has 59 heavy (non-hydrogen) atoms. The van der Waals surface area contributed by atoms with Gasteiger partial charge in [-0.3, -0.25) is 14.5 Å². The van der Waals surface area contributed by atoms with Gasteiger partial charge in [-0.1, -0.05) is 41.4 Å². The van der Waals surface area contributed by atoms with Crippen molar-refractivity contribution in [3.05, 3.63) is 109 Å². The van der Waals surface area contributed by atoms with Crippen LogP contribution in [0.2, 0.25) is 10.0 Å². The molecule has 7 rings (SSSR count). The Kier molecular flexibility index (Phi) is 13.9. The van der Waals surface area contributed by atoms with Crippen LogP contribution in [-0.4, -0.2) is 79.5 Å². The van der Waals surface area contributed by atoms with Gasteiger partial charge in [0.1, 0.15) is 30.5 Å². The molecule has 0 spiro atoms. The third kappa shape index (κ3) is 11.2. The minimum Gasteiger partial charge on any atom is -0.493 e. The first kappa shape index (κ1) is 42.6. The lowest BCUT2D eigenvalue weighted by molar-refractivity contribution is -0.140. The predicted octanol–water partition coefficient (Wildman–Crippen LogP) is 8.09. The van der Waals surface area contributed by atoms with Crippen molar-refractivity contribution in [2.24, 2.45) is 17.8 Å². The van der Waals surface area contributed by atoms with E-state index < -0.39 is 11.8 Å². The molecular formula is C45H52Cl2N2O10. The summed E-state index contributed by atoms with van der Waals surface area (Å²) >= 11 is 12.7. The molecule has 3 aliphatic rings. The fraction of sp³-hybridized carbons (Fsp3) is 0.489. The maximum Gasteiger partial charge on any atom is 0.519 e. The van der Waals surface area contributed by atoms with Gasteiger partial charge in [0.15, 0.2) is 11.5 Å². The van der Waals surface area contributed by atoms with Crippen LogP contribution in [0.5, 0.6) is 17.2 Å². The first-order valence-corrected chi connectivity index (χ1v) is 21.1. The summed E-state index contributed by atoms with van der Waals surface area (Å²) in [6.45, 7) is 7.07. The molecular weight excluding hydrogens is 799 g/mol. The summed E-state index contributed by atoms with van der Waals surface area (Å²) in [5.74, 6) is 0.454. The Labute approximate surface area is 354 Å². The number of aliphatic carboxylic acids is 1. The fourth-order valence-corrected chi connectivity index (χ4v) is 8.77. The number of piperidine rings is 1. The second-order valence-corrected chi connectivity index (χ2v) is 16.8. The lowest BCUT2D eigenvalue weighted by Crippen LogP contribution is -2.48. The summed E-state index contributed by atoms with van der Waals surface area (Å²) in [4.78, 5) is 42.5. The molecule has 2 saturated carbocycles. The molecule has 0 bridgehead atoms. The number of carbonyl (C=O) groups excluding carboxylic acids is 1. The zero-order valence-electron chi connectivity index (χ0n) is 33.8. The number of carboxylic acids is 1. The number of benzene rings is 3. The Morgan fingerprint density at radius 2 is 1.61 bits per heavy atom. The number of ether oxygens (including phenoxy) is 4. The van der Waals surface area contributed by atoms with Crippen molar-refractivity contribution < 1.29 is 42.5 Å². The summed E-state index contributed by atoms with van der Waals surface area (Å²) in [5, 5.41) is 10.3. The average molecular weight is 852 g/mol. The molecule has 4 aromatic rings. The zero-order chi connectivity index (χ0) is 41.6. The Hall–Kier alpha value is -4.49. The van der Waals surface area contributed by atoms with E-state index in [2.05, 4.69) is 11.0 Å². The van der Waals surface area contributed by atoms with Gasteiger partial charge < -0.3 is 37.8 Å². The van der Waals surface area contributed by atoms with Gasteiger partial charge >= 0.3 is 11.8 Å². The van der Waals surface area contributed by atoms with Crippen LogP contribution in [0, 0.1) is 31.6 Å². The number of nitrogens with zero attached hydrogens (tertiary/aromatic N) is 2. The van der Waals surface area contributed by atoms with Crippen molar-refractivity contribution in [2.45, 2.75) is 77.4 Å². The van der Waals surface area contributed by atoms with Gasteiger partial charge in [0.05, 0.1) is 35.0 Å². The second-order valence-electron chi connectivity index (χ2n) is 16.0. The van der Waals surface area contributed by atoms with Gasteiger partial charge in [0, 0.05) is 38.8 Å². The molecule has 1 aliphatic heterocycles. The smallest absolute Gasteiger partial charge is 0.493 e. The third-order valence-electron chi connectivity index (χ3n) is 11.4. The summed E-state index contributed by atoms with van der Waals surface area (Å²) in [6.07, 6.45) is 4.81. The molecule has 2 heterocycles. The molecule has 14 heteroatoms. The van der Waals surface area contributed by atoms with E-state index in [0.717, 1.165) is 47.9 Å². The normalized spacial score (nSPS) is 20.3. The number of carboxylic acid groups (broad SMARTS) is 1. The van der Waals surface area contributed by atoms with Crippen LogP contribution in [0.4, 0.5) is 0 Å². The van der Waals surface area contributed by atoms with E-state index in [1.807, 2.05) is 48.2 Å².